The number of nitrogens with one attached hydrogen (secondary N) is 1. The van der Waals surface area contributed by atoms with Gasteiger partial charge in [-0.15, -0.1) is 10.2 Å². The third kappa shape index (κ3) is 4.57. The maximum Gasteiger partial charge on any atom is 0.262 e. The number of rotatable bonds is 8. The second-order valence-corrected chi connectivity index (χ2v) is 9.23. The van der Waals surface area contributed by atoms with Crippen LogP contribution in [0.2, 0.25) is 0 Å². The van der Waals surface area contributed by atoms with Crippen molar-refractivity contribution in [3.05, 3.63) is 82.3 Å². The molecule has 0 radical (unpaired) electrons. The van der Waals surface area contributed by atoms with Crippen LogP contribution in [0.5, 0.6) is 0 Å². The standard InChI is InChI=1S/C25H25N7O2S/c1-3-13-30-23(34)19-9-4-5-10-20(19)32-24(30)28-29-25(32)35-16-22(33)27-21-11-12-26-31(21)15-18-8-6-7-17(2)14-18/h4-12,14H,3,13,15-16H2,1-2H3,(H,27,33). The Kier molecular flexibility index (Phi) is 6.37. The summed E-state index contributed by atoms with van der Waals surface area (Å²) in [6, 6.07) is 17.4. The molecule has 3 aromatic heterocycles. The highest BCUT2D eigenvalue weighted by Gasteiger charge is 2.17. The number of aryl methyl sites for hydroxylation is 2. The molecule has 0 aliphatic rings. The maximum atomic E-state index is 13.0. The molecule has 2 aromatic carbocycles. The molecule has 1 amide bonds. The molecule has 35 heavy (non-hydrogen) atoms. The van der Waals surface area contributed by atoms with Crippen LogP contribution in [0.25, 0.3) is 16.7 Å². The van der Waals surface area contributed by atoms with Gasteiger partial charge in [0.2, 0.25) is 11.7 Å². The molecule has 178 valence electrons. The minimum absolute atomic E-state index is 0.0847. The molecule has 0 unspecified atom stereocenters. The molecule has 0 fully saturated rings. The number of hydrogen-bond acceptors (Lipinski definition) is 6. The number of thioether (sulfide) groups is 1. The highest BCUT2D eigenvalue weighted by molar-refractivity contribution is 7.99. The van der Waals surface area contributed by atoms with Crippen LogP contribution in [0.4, 0.5) is 5.82 Å². The van der Waals surface area contributed by atoms with Crippen molar-refractivity contribution in [2.45, 2.75) is 38.5 Å². The number of carbonyl (C=O) groups is 1. The number of carbonyl (C=O) groups excluding carboxylic acids is 1. The lowest BCUT2D eigenvalue weighted by Crippen LogP contribution is -2.23. The van der Waals surface area contributed by atoms with Gasteiger partial charge in [-0.25, -0.2) is 4.68 Å². The van der Waals surface area contributed by atoms with Gasteiger partial charge < -0.3 is 5.32 Å². The Morgan fingerprint density at radius 1 is 1.09 bits per heavy atom. The lowest BCUT2D eigenvalue weighted by Gasteiger charge is -2.11. The number of benzene rings is 2. The van der Waals surface area contributed by atoms with Crippen LogP contribution in [-0.2, 0) is 17.9 Å². The van der Waals surface area contributed by atoms with Crippen LogP contribution in [0, 0.1) is 6.92 Å². The molecule has 0 atom stereocenters. The zero-order chi connectivity index (χ0) is 24.4. The summed E-state index contributed by atoms with van der Waals surface area (Å²) >= 11 is 1.28. The van der Waals surface area contributed by atoms with E-state index in [2.05, 4.69) is 26.7 Å². The van der Waals surface area contributed by atoms with Gasteiger partial charge in [0, 0.05) is 12.6 Å². The fourth-order valence-electron chi connectivity index (χ4n) is 4.11. The number of para-hydroxylation sites is 1. The molecule has 3 heterocycles. The van der Waals surface area contributed by atoms with Crippen LogP contribution in [0.1, 0.15) is 24.5 Å². The first-order valence-electron chi connectivity index (χ1n) is 11.4. The van der Waals surface area contributed by atoms with Gasteiger partial charge in [0.15, 0.2) is 5.16 Å². The van der Waals surface area contributed by atoms with E-state index in [1.807, 2.05) is 54.6 Å². The van der Waals surface area contributed by atoms with E-state index in [-0.39, 0.29) is 17.2 Å². The van der Waals surface area contributed by atoms with Crippen molar-refractivity contribution >= 4 is 40.2 Å². The Morgan fingerprint density at radius 2 is 1.94 bits per heavy atom. The van der Waals surface area contributed by atoms with Crippen LogP contribution < -0.4 is 10.9 Å². The summed E-state index contributed by atoms with van der Waals surface area (Å²) in [6.45, 7) is 5.16. The van der Waals surface area contributed by atoms with E-state index < -0.39 is 0 Å². The van der Waals surface area contributed by atoms with E-state index in [4.69, 9.17) is 0 Å². The van der Waals surface area contributed by atoms with Gasteiger partial charge in [0.25, 0.3) is 5.56 Å². The monoisotopic (exact) mass is 487 g/mol. The summed E-state index contributed by atoms with van der Waals surface area (Å²) in [5, 5.41) is 17.0. The van der Waals surface area contributed by atoms with Crippen molar-refractivity contribution in [3.63, 3.8) is 0 Å². The molecule has 0 saturated carbocycles. The molecule has 5 aromatic rings. The number of nitrogens with zero attached hydrogens (tertiary/aromatic N) is 6. The normalized spacial score (nSPS) is 11.4. The molecule has 1 N–H and O–H groups in total. The Bertz CT molecular complexity index is 1580. The summed E-state index contributed by atoms with van der Waals surface area (Å²) in [5.41, 5.74) is 2.93. The van der Waals surface area contributed by atoms with Crippen molar-refractivity contribution in [3.8, 4) is 0 Å². The molecule has 5 rings (SSSR count). The minimum Gasteiger partial charge on any atom is -0.310 e. The molecule has 0 aliphatic heterocycles. The molecule has 10 heteroatoms. The van der Waals surface area contributed by atoms with E-state index in [9.17, 15) is 9.59 Å². The molecule has 0 spiro atoms. The van der Waals surface area contributed by atoms with Crippen molar-refractivity contribution in [1.29, 1.82) is 0 Å². The Balaban J connectivity index is 1.36. The van der Waals surface area contributed by atoms with Gasteiger partial charge in [-0.05, 0) is 31.0 Å². The fourth-order valence-corrected chi connectivity index (χ4v) is 4.85. The minimum atomic E-state index is -0.177. The maximum absolute atomic E-state index is 13.0. The third-order valence-electron chi connectivity index (χ3n) is 5.66. The lowest BCUT2D eigenvalue weighted by molar-refractivity contribution is -0.113. The highest BCUT2D eigenvalue weighted by atomic mass is 32.2. The fraction of sp³-hybridized carbons (Fsp3) is 0.240. The van der Waals surface area contributed by atoms with Crippen LogP contribution in [0.15, 0.2) is 70.7 Å². The predicted molar refractivity (Wildman–Crippen MR) is 137 cm³/mol. The Hall–Kier alpha value is -3.92. The second-order valence-electron chi connectivity index (χ2n) is 8.29. The number of fused-ring (bicyclic) bond motifs is 3. The smallest absolute Gasteiger partial charge is 0.262 e. The van der Waals surface area contributed by atoms with Gasteiger partial charge in [0.1, 0.15) is 5.82 Å². The molecule has 9 nitrogen and oxygen atoms in total. The van der Waals surface area contributed by atoms with Crippen LogP contribution in [0.3, 0.4) is 0 Å². The number of anilines is 1. The number of hydrogen-bond donors (Lipinski definition) is 1. The van der Waals surface area contributed by atoms with Gasteiger partial charge in [-0.2, -0.15) is 5.10 Å². The Labute approximate surface area is 205 Å². The molecular weight excluding hydrogens is 462 g/mol. The number of aromatic nitrogens is 6. The second kappa shape index (κ2) is 9.75. The highest BCUT2D eigenvalue weighted by Crippen LogP contribution is 2.22. The predicted octanol–water partition coefficient (Wildman–Crippen LogP) is 3.74. The van der Waals surface area contributed by atoms with Crippen molar-refractivity contribution in [2.75, 3.05) is 11.1 Å². The van der Waals surface area contributed by atoms with E-state index in [1.165, 1.54) is 17.3 Å². The largest absolute Gasteiger partial charge is 0.310 e. The van der Waals surface area contributed by atoms with E-state index in [0.29, 0.717) is 35.2 Å². The van der Waals surface area contributed by atoms with Crippen molar-refractivity contribution in [2.24, 2.45) is 0 Å². The van der Waals surface area contributed by atoms with Crippen LogP contribution in [-0.4, -0.2) is 40.6 Å². The Morgan fingerprint density at radius 3 is 2.77 bits per heavy atom. The summed E-state index contributed by atoms with van der Waals surface area (Å²) < 4.78 is 5.26. The first-order valence-corrected chi connectivity index (χ1v) is 12.4. The van der Waals surface area contributed by atoms with Gasteiger partial charge in [0.05, 0.1) is 29.4 Å². The SMILES string of the molecule is CCCn1c(=O)c2ccccc2n2c(SCC(=O)Nc3ccnn3Cc3cccc(C)c3)nnc12. The third-order valence-corrected chi connectivity index (χ3v) is 6.59. The summed E-state index contributed by atoms with van der Waals surface area (Å²) in [7, 11) is 0. The summed E-state index contributed by atoms with van der Waals surface area (Å²) in [6.07, 6.45) is 2.46. The first-order chi connectivity index (χ1) is 17.0. The summed E-state index contributed by atoms with van der Waals surface area (Å²) in [5.74, 6) is 1.07. The van der Waals surface area contributed by atoms with Crippen molar-refractivity contribution in [1.82, 2.24) is 28.9 Å². The van der Waals surface area contributed by atoms with E-state index in [0.717, 1.165) is 17.5 Å². The first kappa shape index (κ1) is 22.9. The van der Waals surface area contributed by atoms with Gasteiger partial charge in [-0.3, -0.25) is 18.6 Å². The molecular formula is C25H25N7O2S. The van der Waals surface area contributed by atoms with Crippen molar-refractivity contribution < 1.29 is 4.79 Å². The van der Waals surface area contributed by atoms with Crippen LogP contribution >= 0.6 is 11.8 Å². The van der Waals surface area contributed by atoms with Gasteiger partial charge in [-0.1, -0.05) is 60.6 Å². The molecule has 0 aliphatic carbocycles. The topological polar surface area (TPSA) is 99.1 Å². The average Bonchev–Trinajstić information content (AvgIpc) is 3.47. The average molecular weight is 488 g/mol. The summed E-state index contributed by atoms with van der Waals surface area (Å²) in [4.78, 5) is 25.8. The van der Waals surface area contributed by atoms with E-state index in [1.54, 1.807) is 27.6 Å². The quantitative estimate of drug-likeness (QED) is 0.335. The zero-order valence-corrected chi connectivity index (χ0v) is 20.3. The number of amides is 1. The molecule has 0 bridgehead atoms. The van der Waals surface area contributed by atoms with E-state index >= 15 is 0 Å². The lowest BCUT2D eigenvalue weighted by atomic mass is 10.1. The van der Waals surface area contributed by atoms with Gasteiger partial charge >= 0.3 is 0 Å². The zero-order valence-electron chi connectivity index (χ0n) is 19.5. The molecule has 0 saturated heterocycles.